The largest absolute Gasteiger partial charge is 0.338 e. The molecule has 0 saturated heterocycles. The van der Waals surface area contributed by atoms with Crippen LogP contribution in [0.1, 0.15) is 52.4 Å². The third-order valence-corrected chi connectivity index (χ3v) is 9.81. The molecular formula is C26H33ClN2O2. The lowest BCUT2D eigenvalue weighted by atomic mass is 9.47. The third-order valence-electron chi connectivity index (χ3n) is 9.56. The van der Waals surface area contributed by atoms with Gasteiger partial charge in [0.25, 0.3) is 0 Å². The first-order chi connectivity index (χ1) is 14.7. The zero-order chi connectivity index (χ0) is 22.0. The van der Waals surface area contributed by atoms with Crippen LogP contribution in [-0.2, 0) is 9.59 Å². The maximum Gasteiger partial charge on any atom is 0.246 e. The van der Waals surface area contributed by atoms with E-state index in [9.17, 15) is 9.59 Å². The first kappa shape index (κ1) is 21.1. The predicted octanol–water partition coefficient (Wildman–Crippen LogP) is 5.53. The summed E-state index contributed by atoms with van der Waals surface area (Å²) in [5.41, 5.74) is 0.931. The van der Waals surface area contributed by atoms with E-state index >= 15 is 0 Å². The summed E-state index contributed by atoms with van der Waals surface area (Å²) in [5.74, 6) is 2.18. The van der Waals surface area contributed by atoms with E-state index in [2.05, 4.69) is 25.2 Å². The SMILES string of the molecule is CN1C(=O)C=C[C@]2(C)[C@H]3CC[C@]4(C)[C@@H](C(=O)Nc5ccc(Cl)cc5)CC[C@H]4[C@@H]3CC[C@@H]12. The molecule has 0 bridgehead atoms. The topological polar surface area (TPSA) is 49.4 Å². The molecule has 0 aromatic heterocycles. The Kier molecular flexibility index (Phi) is 5.00. The van der Waals surface area contributed by atoms with Gasteiger partial charge in [0.2, 0.25) is 11.8 Å². The summed E-state index contributed by atoms with van der Waals surface area (Å²) in [6.07, 6.45) is 10.6. The first-order valence-corrected chi connectivity index (χ1v) is 12.1. The van der Waals surface area contributed by atoms with E-state index in [1.165, 1.54) is 6.42 Å². The quantitative estimate of drug-likeness (QED) is 0.656. The van der Waals surface area contributed by atoms with Crippen molar-refractivity contribution in [2.45, 2.75) is 58.4 Å². The summed E-state index contributed by atoms with van der Waals surface area (Å²) < 4.78 is 0. The Bertz CT molecular complexity index is 928. The molecule has 0 spiro atoms. The van der Waals surface area contributed by atoms with Gasteiger partial charge in [0, 0.05) is 35.1 Å². The number of likely N-dealkylation sites (N-methyl/N-ethyl adjacent to an activating group) is 1. The normalized spacial score (nSPS) is 41.4. The van der Waals surface area contributed by atoms with E-state index in [0.717, 1.165) is 37.8 Å². The molecule has 7 atom stereocenters. The highest BCUT2D eigenvalue weighted by molar-refractivity contribution is 6.30. The minimum Gasteiger partial charge on any atom is -0.338 e. The lowest BCUT2D eigenvalue weighted by Gasteiger charge is -2.60. The minimum atomic E-state index is 0.0521. The molecule has 1 aliphatic heterocycles. The minimum absolute atomic E-state index is 0.0521. The van der Waals surface area contributed by atoms with Gasteiger partial charge in [-0.2, -0.15) is 0 Å². The molecule has 4 aliphatic rings. The molecule has 1 aromatic rings. The van der Waals surface area contributed by atoms with Crippen LogP contribution in [0.2, 0.25) is 5.02 Å². The molecule has 3 aliphatic carbocycles. The maximum atomic E-state index is 13.3. The summed E-state index contributed by atoms with van der Waals surface area (Å²) >= 11 is 5.99. The fourth-order valence-corrected chi connectivity index (χ4v) is 8.06. The first-order valence-electron chi connectivity index (χ1n) is 11.8. The number of halogens is 1. The molecule has 3 saturated carbocycles. The number of amides is 2. The van der Waals surface area contributed by atoms with Gasteiger partial charge in [-0.15, -0.1) is 0 Å². The number of carbonyl (C=O) groups is 2. The van der Waals surface area contributed by atoms with E-state index in [-0.39, 0.29) is 28.6 Å². The van der Waals surface area contributed by atoms with Crippen LogP contribution >= 0.6 is 11.6 Å². The van der Waals surface area contributed by atoms with Crippen molar-refractivity contribution in [1.29, 1.82) is 0 Å². The van der Waals surface area contributed by atoms with E-state index in [4.69, 9.17) is 11.6 Å². The van der Waals surface area contributed by atoms with E-state index in [1.807, 2.05) is 36.2 Å². The van der Waals surface area contributed by atoms with Crippen LogP contribution in [0.25, 0.3) is 0 Å². The van der Waals surface area contributed by atoms with Crippen LogP contribution < -0.4 is 5.32 Å². The monoisotopic (exact) mass is 440 g/mol. The van der Waals surface area contributed by atoms with Crippen molar-refractivity contribution in [3.05, 3.63) is 41.4 Å². The van der Waals surface area contributed by atoms with E-state index < -0.39 is 0 Å². The summed E-state index contributed by atoms with van der Waals surface area (Å²) in [6.45, 7) is 4.74. The highest BCUT2D eigenvalue weighted by atomic mass is 35.5. The number of nitrogens with one attached hydrogen (secondary N) is 1. The van der Waals surface area contributed by atoms with Gasteiger partial charge in [-0.05, 0) is 92.0 Å². The number of hydrogen-bond donors (Lipinski definition) is 1. The number of rotatable bonds is 2. The van der Waals surface area contributed by atoms with Gasteiger partial charge in [-0.25, -0.2) is 0 Å². The fraction of sp³-hybridized carbons (Fsp3) is 0.615. The van der Waals surface area contributed by atoms with Gasteiger partial charge in [-0.1, -0.05) is 31.5 Å². The van der Waals surface area contributed by atoms with Crippen LogP contribution in [0.3, 0.4) is 0 Å². The highest BCUT2D eigenvalue weighted by Crippen LogP contribution is 2.65. The Morgan fingerprint density at radius 2 is 1.81 bits per heavy atom. The smallest absolute Gasteiger partial charge is 0.246 e. The molecule has 4 nitrogen and oxygen atoms in total. The second kappa shape index (κ2) is 7.37. The number of carbonyl (C=O) groups excluding carboxylic acids is 2. The van der Waals surface area contributed by atoms with E-state index in [0.29, 0.717) is 28.8 Å². The van der Waals surface area contributed by atoms with Crippen molar-refractivity contribution >= 4 is 29.1 Å². The molecular weight excluding hydrogens is 408 g/mol. The Labute approximate surface area is 190 Å². The molecule has 5 heteroatoms. The molecule has 0 radical (unpaired) electrons. The van der Waals surface area contributed by atoms with Crippen molar-refractivity contribution in [2.75, 3.05) is 12.4 Å². The molecule has 1 N–H and O–H groups in total. The third kappa shape index (κ3) is 3.16. The van der Waals surface area contributed by atoms with Gasteiger partial charge in [-0.3, -0.25) is 9.59 Å². The average Bonchev–Trinajstić information content (AvgIpc) is 3.10. The second-order valence-corrected chi connectivity index (χ2v) is 11.2. The fourth-order valence-electron chi connectivity index (χ4n) is 7.93. The molecule has 3 fully saturated rings. The lowest BCUT2D eigenvalue weighted by Crippen LogP contribution is -2.59. The molecule has 1 aromatic carbocycles. The van der Waals surface area contributed by atoms with Gasteiger partial charge >= 0.3 is 0 Å². The van der Waals surface area contributed by atoms with Gasteiger partial charge < -0.3 is 10.2 Å². The summed E-state index contributed by atoms with van der Waals surface area (Å²) in [6, 6.07) is 7.70. The number of anilines is 1. The van der Waals surface area contributed by atoms with Crippen LogP contribution in [0, 0.1) is 34.5 Å². The van der Waals surface area contributed by atoms with Gasteiger partial charge in [0.15, 0.2) is 0 Å². The Hall–Kier alpha value is -1.81. The predicted molar refractivity (Wildman–Crippen MR) is 124 cm³/mol. The zero-order valence-electron chi connectivity index (χ0n) is 18.7. The Balaban J connectivity index is 1.37. The molecule has 0 unspecified atom stereocenters. The highest BCUT2D eigenvalue weighted by Gasteiger charge is 2.61. The molecule has 5 rings (SSSR count). The van der Waals surface area contributed by atoms with Crippen molar-refractivity contribution in [3.63, 3.8) is 0 Å². The number of nitrogens with zero attached hydrogens (tertiary/aromatic N) is 1. The van der Waals surface area contributed by atoms with Crippen LogP contribution in [0.4, 0.5) is 5.69 Å². The average molecular weight is 441 g/mol. The van der Waals surface area contributed by atoms with Crippen LogP contribution in [-0.4, -0.2) is 29.8 Å². The van der Waals surface area contributed by atoms with Crippen LogP contribution in [0.5, 0.6) is 0 Å². The summed E-state index contributed by atoms with van der Waals surface area (Å²) in [7, 11) is 1.97. The second-order valence-electron chi connectivity index (χ2n) is 10.8. The number of hydrogen-bond acceptors (Lipinski definition) is 2. The number of fused-ring (bicyclic) bond motifs is 5. The van der Waals surface area contributed by atoms with Crippen molar-refractivity contribution in [3.8, 4) is 0 Å². The standard InChI is InChI=1S/C26H33ClN2O2/c1-25-14-12-20-18(8-11-22-26(20,2)15-13-23(30)29(22)3)19(25)9-10-21(25)24(31)28-17-6-4-16(27)5-7-17/h4-7,13,15,18-22H,8-12,14H2,1-3H3,(H,28,31)/t18-,19-,20-,21+,22+,25-,26+/m0/s1. The van der Waals surface area contributed by atoms with Gasteiger partial charge in [0.1, 0.15) is 0 Å². The summed E-state index contributed by atoms with van der Waals surface area (Å²) in [5, 5.41) is 3.83. The lowest BCUT2D eigenvalue weighted by molar-refractivity contribution is -0.141. The molecule has 31 heavy (non-hydrogen) atoms. The van der Waals surface area contributed by atoms with Crippen molar-refractivity contribution in [1.82, 2.24) is 4.90 Å². The zero-order valence-corrected chi connectivity index (χ0v) is 19.5. The van der Waals surface area contributed by atoms with Crippen molar-refractivity contribution in [2.24, 2.45) is 34.5 Å². The number of benzene rings is 1. The van der Waals surface area contributed by atoms with Crippen molar-refractivity contribution < 1.29 is 9.59 Å². The van der Waals surface area contributed by atoms with Crippen LogP contribution in [0.15, 0.2) is 36.4 Å². The Morgan fingerprint density at radius 3 is 2.55 bits per heavy atom. The molecule has 1 heterocycles. The maximum absolute atomic E-state index is 13.3. The molecule has 166 valence electrons. The van der Waals surface area contributed by atoms with E-state index in [1.54, 1.807) is 6.08 Å². The summed E-state index contributed by atoms with van der Waals surface area (Å²) in [4.78, 5) is 27.5. The van der Waals surface area contributed by atoms with Gasteiger partial charge in [0.05, 0.1) is 0 Å². The Morgan fingerprint density at radius 1 is 1.06 bits per heavy atom. The molecule has 2 amide bonds.